The molecule has 2 N–H and O–H groups in total. The summed E-state index contributed by atoms with van der Waals surface area (Å²) in [6.07, 6.45) is 0. The third-order valence-electron chi connectivity index (χ3n) is 4.14. The van der Waals surface area contributed by atoms with E-state index in [1.165, 1.54) is 0 Å². The van der Waals surface area contributed by atoms with E-state index in [1.807, 2.05) is 48.5 Å². The molecule has 0 fully saturated rings. The van der Waals surface area contributed by atoms with E-state index in [1.54, 1.807) is 37.4 Å². The lowest BCUT2D eigenvalue weighted by molar-refractivity contribution is -0.123. The zero-order valence-electron chi connectivity index (χ0n) is 16.1. The lowest BCUT2D eigenvalue weighted by Crippen LogP contribution is -2.28. The number of ether oxygens (including phenoxy) is 2. The van der Waals surface area contributed by atoms with Crippen LogP contribution in [0.25, 0.3) is 0 Å². The fourth-order valence-electron chi connectivity index (χ4n) is 2.68. The predicted molar refractivity (Wildman–Crippen MR) is 111 cm³/mol. The van der Waals surface area contributed by atoms with Crippen LogP contribution in [0.2, 0.25) is 0 Å². The molecule has 0 heterocycles. The van der Waals surface area contributed by atoms with Gasteiger partial charge in [0.1, 0.15) is 0 Å². The maximum absolute atomic E-state index is 12.4. The molecule has 0 aromatic heterocycles. The van der Waals surface area contributed by atoms with Crippen LogP contribution in [0, 0.1) is 0 Å². The minimum absolute atomic E-state index is 0.130. The van der Waals surface area contributed by atoms with Gasteiger partial charge in [0.05, 0.1) is 7.11 Å². The molecule has 0 aliphatic carbocycles. The van der Waals surface area contributed by atoms with Crippen LogP contribution in [-0.4, -0.2) is 25.5 Å². The van der Waals surface area contributed by atoms with Crippen molar-refractivity contribution in [2.24, 2.45) is 0 Å². The van der Waals surface area contributed by atoms with Gasteiger partial charge in [-0.25, -0.2) is 0 Å². The monoisotopic (exact) mass is 390 g/mol. The highest BCUT2D eigenvalue weighted by Crippen LogP contribution is 2.25. The van der Waals surface area contributed by atoms with E-state index in [-0.39, 0.29) is 18.4 Å². The SMILES string of the molecule is COc1ccccc1OCC(=O)NCc1cccc(C(=O)Nc2ccccc2)c1. The number of carbonyl (C=O) groups is 2. The summed E-state index contributed by atoms with van der Waals surface area (Å²) in [5.74, 6) is 0.598. The number of methoxy groups -OCH3 is 1. The first kappa shape index (κ1) is 19.9. The van der Waals surface area contributed by atoms with E-state index < -0.39 is 0 Å². The third-order valence-corrected chi connectivity index (χ3v) is 4.14. The van der Waals surface area contributed by atoms with E-state index in [4.69, 9.17) is 9.47 Å². The molecule has 0 saturated heterocycles. The van der Waals surface area contributed by atoms with Gasteiger partial charge in [-0.05, 0) is 42.0 Å². The Morgan fingerprint density at radius 3 is 2.34 bits per heavy atom. The molecule has 0 spiro atoms. The summed E-state index contributed by atoms with van der Waals surface area (Å²) in [6, 6.07) is 23.5. The van der Waals surface area contributed by atoms with Gasteiger partial charge in [-0.1, -0.05) is 42.5 Å². The van der Waals surface area contributed by atoms with E-state index in [0.717, 1.165) is 11.3 Å². The summed E-state index contributed by atoms with van der Waals surface area (Å²) < 4.78 is 10.7. The number of carbonyl (C=O) groups excluding carboxylic acids is 2. The van der Waals surface area contributed by atoms with Crippen LogP contribution < -0.4 is 20.1 Å². The first-order valence-electron chi connectivity index (χ1n) is 9.13. The van der Waals surface area contributed by atoms with Crippen molar-refractivity contribution in [1.29, 1.82) is 0 Å². The zero-order valence-corrected chi connectivity index (χ0v) is 16.1. The van der Waals surface area contributed by atoms with Gasteiger partial charge in [-0.3, -0.25) is 9.59 Å². The van der Waals surface area contributed by atoms with Crippen molar-refractivity contribution in [3.05, 3.63) is 90.0 Å². The molecule has 2 amide bonds. The maximum atomic E-state index is 12.4. The molecule has 0 atom stereocenters. The quantitative estimate of drug-likeness (QED) is 0.616. The molecule has 0 unspecified atom stereocenters. The highest BCUT2D eigenvalue weighted by molar-refractivity contribution is 6.04. The molecule has 0 radical (unpaired) electrons. The predicted octanol–water partition coefficient (Wildman–Crippen LogP) is 3.64. The van der Waals surface area contributed by atoms with E-state index >= 15 is 0 Å². The molecule has 0 aliphatic heterocycles. The molecule has 29 heavy (non-hydrogen) atoms. The Balaban J connectivity index is 1.52. The van der Waals surface area contributed by atoms with Gasteiger partial charge in [-0.15, -0.1) is 0 Å². The van der Waals surface area contributed by atoms with Crippen molar-refractivity contribution in [2.75, 3.05) is 19.0 Å². The van der Waals surface area contributed by atoms with Crippen molar-refractivity contribution in [1.82, 2.24) is 5.32 Å². The molecule has 3 aromatic carbocycles. The van der Waals surface area contributed by atoms with Gasteiger partial charge >= 0.3 is 0 Å². The number of amides is 2. The number of hydrogen-bond acceptors (Lipinski definition) is 4. The average molecular weight is 390 g/mol. The lowest BCUT2D eigenvalue weighted by Gasteiger charge is -2.11. The van der Waals surface area contributed by atoms with Gasteiger partial charge in [0.2, 0.25) is 0 Å². The Morgan fingerprint density at radius 1 is 0.862 bits per heavy atom. The Hall–Kier alpha value is -3.80. The molecule has 6 heteroatoms. The summed E-state index contributed by atoms with van der Waals surface area (Å²) in [4.78, 5) is 24.5. The number of nitrogens with one attached hydrogen (secondary N) is 2. The number of anilines is 1. The van der Waals surface area contributed by atoms with Crippen LogP contribution in [0.3, 0.4) is 0 Å². The maximum Gasteiger partial charge on any atom is 0.258 e. The highest BCUT2D eigenvalue weighted by Gasteiger charge is 2.09. The standard InChI is InChI=1S/C23H22N2O4/c1-28-20-12-5-6-13-21(20)29-16-22(26)24-15-17-8-7-9-18(14-17)23(27)25-19-10-3-2-4-11-19/h2-14H,15-16H2,1H3,(H,24,26)(H,25,27). The number of rotatable bonds is 8. The zero-order chi connectivity index (χ0) is 20.5. The number of para-hydroxylation sites is 3. The second kappa shape index (κ2) is 9.94. The molecule has 0 aliphatic rings. The van der Waals surface area contributed by atoms with Crippen LogP contribution in [0.4, 0.5) is 5.69 Å². The van der Waals surface area contributed by atoms with Crippen LogP contribution >= 0.6 is 0 Å². The van der Waals surface area contributed by atoms with Crippen molar-refractivity contribution < 1.29 is 19.1 Å². The Morgan fingerprint density at radius 2 is 1.59 bits per heavy atom. The Labute approximate surface area is 169 Å². The summed E-state index contributed by atoms with van der Waals surface area (Å²) in [5.41, 5.74) is 2.06. The topological polar surface area (TPSA) is 76.7 Å². The van der Waals surface area contributed by atoms with Crippen LogP contribution in [0.1, 0.15) is 15.9 Å². The number of benzene rings is 3. The fourth-order valence-corrected chi connectivity index (χ4v) is 2.68. The van der Waals surface area contributed by atoms with Crippen molar-refractivity contribution >= 4 is 17.5 Å². The largest absolute Gasteiger partial charge is 0.493 e. The minimum atomic E-state index is -0.268. The molecular weight excluding hydrogens is 368 g/mol. The van der Waals surface area contributed by atoms with Gasteiger partial charge in [-0.2, -0.15) is 0 Å². The summed E-state index contributed by atoms with van der Waals surface area (Å²) in [7, 11) is 1.54. The minimum Gasteiger partial charge on any atom is -0.493 e. The summed E-state index contributed by atoms with van der Waals surface area (Å²) in [6.45, 7) is 0.162. The van der Waals surface area contributed by atoms with Crippen molar-refractivity contribution in [2.45, 2.75) is 6.54 Å². The average Bonchev–Trinajstić information content (AvgIpc) is 2.77. The van der Waals surface area contributed by atoms with E-state index in [2.05, 4.69) is 10.6 Å². The van der Waals surface area contributed by atoms with E-state index in [9.17, 15) is 9.59 Å². The third kappa shape index (κ3) is 5.84. The second-order valence-corrected chi connectivity index (χ2v) is 6.24. The molecule has 6 nitrogen and oxygen atoms in total. The van der Waals surface area contributed by atoms with Crippen LogP contribution in [-0.2, 0) is 11.3 Å². The molecule has 148 valence electrons. The van der Waals surface area contributed by atoms with E-state index in [0.29, 0.717) is 23.6 Å². The first-order chi connectivity index (χ1) is 14.2. The number of hydrogen-bond donors (Lipinski definition) is 2. The van der Waals surface area contributed by atoms with Crippen LogP contribution in [0.5, 0.6) is 11.5 Å². The Kier molecular flexibility index (Phi) is 6.84. The van der Waals surface area contributed by atoms with Crippen LogP contribution in [0.15, 0.2) is 78.9 Å². The molecule has 0 bridgehead atoms. The van der Waals surface area contributed by atoms with Gasteiger partial charge in [0.25, 0.3) is 11.8 Å². The first-order valence-corrected chi connectivity index (χ1v) is 9.13. The van der Waals surface area contributed by atoms with Gasteiger partial charge in [0, 0.05) is 17.8 Å². The smallest absolute Gasteiger partial charge is 0.258 e. The second-order valence-electron chi connectivity index (χ2n) is 6.24. The van der Waals surface area contributed by atoms with Crippen molar-refractivity contribution in [3.63, 3.8) is 0 Å². The Bertz CT molecular complexity index is 973. The summed E-state index contributed by atoms with van der Waals surface area (Å²) in [5, 5.41) is 5.63. The lowest BCUT2D eigenvalue weighted by atomic mass is 10.1. The molecule has 0 saturated carbocycles. The normalized spacial score (nSPS) is 10.1. The molecule has 3 aromatic rings. The molecular formula is C23H22N2O4. The van der Waals surface area contributed by atoms with Gasteiger partial charge < -0.3 is 20.1 Å². The fraction of sp³-hybridized carbons (Fsp3) is 0.130. The highest BCUT2D eigenvalue weighted by atomic mass is 16.5. The van der Waals surface area contributed by atoms with Gasteiger partial charge in [0.15, 0.2) is 18.1 Å². The van der Waals surface area contributed by atoms with Crippen molar-refractivity contribution in [3.8, 4) is 11.5 Å². The molecule has 3 rings (SSSR count). The summed E-state index contributed by atoms with van der Waals surface area (Å²) >= 11 is 0.